The Morgan fingerprint density at radius 3 is 2.21 bits per heavy atom. The molecule has 0 bridgehead atoms. The molecule has 1 saturated carbocycles. The maximum atomic E-state index is 12.7. The smallest absolute Gasteiger partial charge is 0.271 e. The molecule has 4 aliphatic heterocycles. The zero-order chi connectivity index (χ0) is 32.7. The number of anilines is 4. The number of carbonyl (C=O) groups is 1. The molecule has 1 aliphatic carbocycles. The third kappa shape index (κ3) is 6.35. The van der Waals surface area contributed by atoms with E-state index in [2.05, 4.69) is 61.6 Å². The summed E-state index contributed by atoms with van der Waals surface area (Å²) in [5.74, 6) is 0.312. The fraction of sp³-hybridized carbons (Fsp3) is 0.568. The molecule has 2 spiro atoms. The molecule has 0 radical (unpaired) electrons. The highest BCUT2D eigenvalue weighted by Gasteiger charge is 2.44. The molecular formula is C37H49N9O2. The van der Waals surface area contributed by atoms with Crippen LogP contribution in [0.1, 0.15) is 61.9 Å². The first-order valence-corrected chi connectivity index (χ1v) is 17.9. The number of amides is 1. The third-order valence-corrected chi connectivity index (χ3v) is 11.8. The van der Waals surface area contributed by atoms with E-state index in [4.69, 9.17) is 20.4 Å². The average Bonchev–Trinajstić information content (AvgIpc) is 3.08. The van der Waals surface area contributed by atoms with E-state index in [0.717, 1.165) is 57.7 Å². The van der Waals surface area contributed by atoms with E-state index >= 15 is 0 Å². The second-order valence-corrected chi connectivity index (χ2v) is 15.2. The highest BCUT2D eigenvalue weighted by molar-refractivity contribution is 5.97. The van der Waals surface area contributed by atoms with Crippen molar-refractivity contribution in [2.75, 3.05) is 75.1 Å². The monoisotopic (exact) mass is 651 g/mol. The van der Waals surface area contributed by atoms with Gasteiger partial charge in [-0.25, -0.2) is 9.97 Å². The number of ether oxygens (including phenoxy) is 1. The van der Waals surface area contributed by atoms with Gasteiger partial charge in [-0.05, 0) is 113 Å². The minimum absolute atomic E-state index is 0.0922. The maximum Gasteiger partial charge on any atom is 0.271 e. The maximum absolute atomic E-state index is 12.7. The summed E-state index contributed by atoms with van der Waals surface area (Å²) in [4.78, 5) is 34.6. The Hall–Kier alpha value is -3.80. The van der Waals surface area contributed by atoms with Crippen molar-refractivity contribution in [3.63, 3.8) is 0 Å². The number of likely N-dealkylation sites (tertiary alicyclic amines) is 2. The zero-order valence-corrected chi connectivity index (χ0v) is 28.2. The fourth-order valence-corrected chi connectivity index (χ4v) is 8.88. The number of aromatic nitrogens is 3. The standard InChI is InChI=1S/C37H49N9O2/c1-44-22-36(23-44)15-20-46(21-16-36)29-11-18-45(19-12-29)28-7-5-26(6-8-28)40-35-32(33(38)47)42-31(30-4-2-3-17-39-30)34(43-35)41-27-9-13-37(14-10-27)24-48-25-37/h2-8,17,27,29H,9-16,18-25H2,1H3,(H2,38,47)(H2,40,41,43). The highest BCUT2D eigenvalue weighted by atomic mass is 16.5. The van der Waals surface area contributed by atoms with Crippen molar-refractivity contribution in [2.24, 2.45) is 16.6 Å². The van der Waals surface area contributed by atoms with Crippen molar-refractivity contribution in [3.8, 4) is 11.4 Å². The Morgan fingerprint density at radius 2 is 1.60 bits per heavy atom. The number of piperidine rings is 2. The van der Waals surface area contributed by atoms with Gasteiger partial charge < -0.3 is 35.8 Å². The molecule has 0 unspecified atom stereocenters. The molecule has 48 heavy (non-hydrogen) atoms. The summed E-state index contributed by atoms with van der Waals surface area (Å²) in [6.07, 6.45) is 11.2. The third-order valence-electron chi connectivity index (χ3n) is 11.8. The van der Waals surface area contributed by atoms with Gasteiger partial charge in [-0.2, -0.15) is 0 Å². The largest absolute Gasteiger partial charge is 0.380 e. The van der Waals surface area contributed by atoms with E-state index in [1.165, 1.54) is 57.5 Å². The van der Waals surface area contributed by atoms with Crippen LogP contribution in [0.3, 0.4) is 0 Å². The van der Waals surface area contributed by atoms with Gasteiger partial charge in [-0.15, -0.1) is 0 Å². The summed E-state index contributed by atoms with van der Waals surface area (Å²) >= 11 is 0. The molecule has 1 amide bonds. The van der Waals surface area contributed by atoms with Crippen LogP contribution in [0.15, 0.2) is 48.7 Å². The van der Waals surface area contributed by atoms with Gasteiger partial charge in [0.15, 0.2) is 17.3 Å². The van der Waals surface area contributed by atoms with E-state index < -0.39 is 5.91 Å². The van der Waals surface area contributed by atoms with Crippen LogP contribution in [0, 0.1) is 10.8 Å². The number of nitrogens with two attached hydrogens (primary N) is 1. The number of benzene rings is 1. The lowest BCUT2D eigenvalue weighted by atomic mass is 9.71. The van der Waals surface area contributed by atoms with E-state index in [9.17, 15) is 4.79 Å². The number of carbonyl (C=O) groups excluding carboxylic acids is 1. The molecule has 4 saturated heterocycles. The Kier molecular flexibility index (Phi) is 8.46. The molecule has 0 atom stereocenters. The molecule has 4 N–H and O–H groups in total. The SMILES string of the molecule is CN1CC2(CCN(C3CCN(c4ccc(Nc5nc(NC6CCC7(CC6)COC7)c(-c6ccccn6)nc5C(N)=O)cc4)CC3)CC2)C1. The van der Waals surface area contributed by atoms with Crippen molar-refractivity contribution in [1.82, 2.24) is 24.8 Å². The number of hydrogen-bond donors (Lipinski definition) is 3. The van der Waals surface area contributed by atoms with Crippen LogP contribution in [0.4, 0.5) is 23.0 Å². The molecule has 11 nitrogen and oxygen atoms in total. The zero-order valence-electron chi connectivity index (χ0n) is 28.2. The van der Waals surface area contributed by atoms with Gasteiger partial charge >= 0.3 is 0 Å². The van der Waals surface area contributed by atoms with E-state index in [0.29, 0.717) is 39.9 Å². The molecule has 2 aromatic heterocycles. The summed E-state index contributed by atoms with van der Waals surface area (Å²) < 4.78 is 5.53. The molecule has 6 heterocycles. The molecule has 3 aromatic rings. The van der Waals surface area contributed by atoms with Gasteiger partial charge in [-0.1, -0.05) is 6.07 Å². The first-order chi connectivity index (χ1) is 23.4. The minimum Gasteiger partial charge on any atom is -0.380 e. The Bertz CT molecular complexity index is 1580. The second kappa shape index (κ2) is 12.9. The second-order valence-electron chi connectivity index (χ2n) is 15.2. The lowest BCUT2D eigenvalue weighted by Crippen LogP contribution is -2.60. The first-order valence-electron chi connectivity index (χ1n) is 17.9. The van der Waals surface area contributed by atoms with Crippen LogP contribution >= 0.6 is 0 Å². The lowest BCUT2D eigenvalue weighted by Gasteiger charge is -2.54. The number of nitrogens with zero attached hydrogens (tertiary/aromatic N) is 6. The molecule has 254 valence electrons. The number of primary amides is 1. The van der Waals surface area contributed by atoms with Gasteiger partial charge in [0.25, 0.3) is 5.91 Å². The molecule has 8 rings (SSSR count). The van der Waals surface area contributed by atoms with Crippen molar-refractivity contribution >= 4 is 28.9 Å². The first kappa shape index (κ1) is 31.5. The Labute approximate surface area is 283 Å². The van der Waals surface area contributed by atoms with Crippen molar-refractivity contribution in [3.05, 3.63) is 54.4 Å². The molecule has 5 aliphatic rings. The van der Waals surface area contributed by atoms with Gasteiger partial charge in [0.05, 0.1) is 18.9 Å². The van der Waals surface area contributed by atoms with Crippen LogP contribution < -0.4 is 21.3 Å². The van der Waals surface area contributed by atoms with Crippen molar-refractivity contribution in [2.45, 2.75) is 63.5 Å². The number of hydrogen-bond acceptors (Lipinski definition) is 10. The summed E-state index contributed by atoms with van der Waals surface area (Å²) in [5, 5.41) is 7.02. The molecule has 5 fully saturated rings. The summed E-state index contributed by atoms with van der Waals surface area (Å²) in [5.41, 5.74) is 10.1. The fourth-order valence-electron chi connectivity index (χ4n) is 8.88. The molecule has 11 heteroatoms. The number of rotatable bonds is 8. The normalized spacial score (nSPS) is 23.1. The van der Waals surface area contributed by atoms with Crippen LogP contribution in [0.25, 0.3) is 11.4 Å². The molecular weight excluding hydrogens is 602 g/mol. The predicted octanol–water partition coefficient (Wildman–Crippen LogP) is 4.75. The quantitative estimate of drug-likeness (QED) is 0.314. The number of pyridine rings is 1. The van der Waals surface area contributed by atoms with Gasteiger partial charge in [-0.3, -0.25) is 9.78 Å². The van der Waals surface area contributed by atoms with Gasteiger partial charge in [0, 0.05) is 61.2 Å². The minimum atomic E-state index is -0.637. The highest BCUT2D eigenvalue weighted by Crippen LogP contribution is 2.43. The van der Waals surface area contributed by atoms with Crippen LogP contribution in [0.5, 0.6) is 0 Å². The van der Waals surface area contributed by atoms with E-state index in [-0.39, 0.29) is 11.7 Å². The van der Waals surface area contributed by atoms with Gasteiger partial charge in [0.2, 0.25) is 0 Å². The van der Waals surface area contributed by atoms with Crippen molar-refractivity contribution in [1.29, 1.82) is 0 Å². The van der Waals surface area contributed by atoms with Crippen LogP contribution in [-0.4, -0.2) is 102 Å². The van der Waals surface area contributed by atoms with E-state index in [1.807, 2.05) is 18.2 Å². The van der Waals surface area contributed by atoms with E-state index in [1.54, 1.807) is 6.20 Å². The lowest BCUT2D eigenvalue weighted by molar-refractivity contribution is -0.131. The Morgan fingerprint density at radius 1 is 0.875 bits per heavy atom. The topological polar surface area (TPSA) is 125 Å². The summed E-state index contributed by atoms with van der Waals surface area (Å²) in [6, 6.07) is 15.0. The van der Waals surface area contributed by atoms with Crippen LogP contribution in [-0.2, 0) is 4.74 Å². The summed E-state index contributed by atoms with van der Waals surface area (Å²) in [6.45, 7) is 8.96. The Balaban J connectivity index is 0.943. The predicted molar refractivity (Wildman–Crippen MR) is 189 cm³/mol. The number of nitrogens with one attached hydrogen (secondary N) is 2. The van der Waals surface area contributed by atoms with Gasteiger partial charge in [0.1, 0.15) is 5.69 Å². The molecule has 1 aromatic carbocycles. The summed E-state index contributed by atoms with van der Waals surface area (Å²) in [7, 11) is 2.25. The van der Waals surface area contributed by atoms with Crippen molar-refractivity contribution < 1.29 is 9.53 Å². The van der Waals surface area contributed by atoms with Crippen LogP contribution in [0.2, 0.25) is 0 Å². The average molecular weight is 652 g/mol.